The van der Waals surface area contributed by atoms with Gasteiger partial charge in [-0.2, -0.15) is 13.2 Å². The van der Waals surface area contributed by atoms with E-state index < -0.39 is 12.1 Å². The first-order valence-corrected chi connectivity index (χ1v) is 9.72. The van der Waals surface area contributed by atoms with Crippen LogP contribution in [0.4, 0.5) is 13.2 Å². The molecule has 2 fully saturated rings. The Bertz CT molecular complexity index is 417. The van der Waals surface area contributed by atoms with Crippen molar-refractivity contribution in [3.05, 3.63) is 0 Å². The van der Waals surface area contributed by atoms with Crippen LogP contribution in [-0.2, 0) is 0 Å². The van der Waals surface area contributed by atoms with Gasteiger partial charge in [-0.1, -0.05) is 12.8 Å². The highest BCUT2D eigenvalue weighted by Crippen LogP contribution is 2.37. The topological polar surface area (TPSA) is 39.7 Å². The molecular formula is C18H34F3IN4. The van der Waals surface area contributed by atoms with Gasteiger partial charge in [0.2, 0.25) is 0 Å². The second kappa shape index (κ2) is 11.6. The number of hydrogen-bond acceptors (Lipinski definition) is 2. The molecule has 2 saturated carbocycles. The lowest BCUT2D eigenvalue weighted by Crippen LogP contribution is -2.46. The summed E-state index contributed by atoms with van der Waals surface area (Å²) in [6, 6.07) is 0.771. The normalized spacial score (nSPS) is 25.2. The Kier molecular flexibility index (Phi) is 10.6. The van der Waals surface area contributed by atoms with Gasteiger partial charge >= 0.3 is 6.18 Å². The van der Waals surface area contributed by atoms with Crippen molar-refractivity contribution in [2.75, 3.05) is 26.7 Å². The van der Waals surface area contributed by atoms with Gasteiger partial charge in [0, 0.05) is 25.2 Å². The highest BCUT2D eigenvalue weighted by atomic mass is 127. The highest BCUT2D eigenvalue weighted by molar-refractivity contribution is 14.0. The summed E-state index contributed by atoms with van der Waals surface area (Å²) in [5.74, 6) is -0.400. The highest BCUT2D eigenvalue weighted by Gasteiger charge is 2.41. The van der Waals surface area contributed by atoms with Crippen molar-refractivity contribution in [2.24, 2.45) is 10.9 Å². The van der Waals surface area contributed by atoms with E-state index in [9.17, 15) is 13.2 Å². The quantitative estimate of drug-likeness (QED) is 0.334. The van der Waals surface area contributed by atoms with Crippen LogP contribution >= 0.6 is 24.0 Å². The van der Waals surface area contributed by atoms with Gasteiger partial charge < -0.3 is 15.5 Å². The van der Waals surface area contributed by atoms with Crippen LogP contribution in [0.5, 0.6) is 0 Å². The molecular weight excluding hydrogens is 456 g/mol. The molecule has 26 heavy (non-hydrogen) atoms. The third-order valence-electron chi connectivity index (χ3n) is 5.55. The lowest BCUT2D eigenvalue weighted by molar-refractivity contribution is -0.182. The maximum Gasteiger partial charge on any atom is 0.391 e. The SMILES string of the molecule is CCNC(=NCCN(C)C1CCCC1)NC1CCC(C(F)(F)F)CC1.I. The van der Waals surface area contributed by atoms with Gasteiger partial charge in [0.15, 0.2) is 5.96 Å². The van der Waals surface area contributed by atoms with Gasteiger partial charge in [-0.3, -0.25) is 4.99 Å². The van der Waals surface area contributed by atoms with Crippen LogP contribution in [0.25, 0.3) is 0 Å². The zero-order valence-electron chi connectivity index (χ0n) is 15.9. The summed E-state index contributed by atoms with van der Waals surface area (Å²) in [7, 11) is 2.16. The van der Waals surface area contributed by atoms with Crippen LogP contribution in [0.2, 0.25) is 0 Å². The fraction of sp³-hybridized carbons (Fsp3) is 0.944. The van der Waals surface area contributed by atoms with E-state index in [1.165, 1.54) is 25.7 Å². The summed E-state index contributed by atoms with van der Waals surface area (Å²) in [6.45, 7) is 4.38. The summed E-state index contributed by atoms with van der Waals surface area (Å²) in [4.78, 5) is 7.00. The van der Waals surface area contributed by atoms with E-state index in [-0.39, 0.29) is 42.9 Å². The number of alkyl halides is 3. The summed E-state index contributed by atoms with van der Waals surface area (Å²) in [5, 5.41) is 6.54. The summed E-state index contributed by atoms with van der Waals surface area (Å²) in [6.07, 6.45) is 2.69. The minimum atomic E-state index is -4.05. The molecule has 2 N–H and O–H groups in total. The number of nitrogens with zero attached hydrogens (tertiary/aromatic N) is 2. The second-order valence-electron chi connectivity index (χ2n) is 7.41. The van der Waals surface area contributed by atoms with Crippen molar-refractivity contribution in [3.8, 4) is 0 Å². The predicted molar refractivity (Wildman–Crippen MR) is 111 cm³/mol. The third-order valence-corrected chi connectivity index (χ3v) is 5.55. The molecule has 0 aliphatic heterocycles. The smallest absolute Gasteiger partial charge is 0.357 e. The van der Waals surface area contributed by atoms with Gasteiger partial charge in [-0.05, 0) is 52.5 Å². The maximum atomic E-state index is 12.8. The first-order valence-electron chi connectivity index (χ1n) is 9.72. The van der Waals surface area contributed by atoms with Gasteiger partial charge in [0.1, 0.15) is 0 Å². The second-order valence-corrected chi connectivity index (χ2v) is 7.41. The molecule has 0 unspecified atom stereocenters. The molecule has 4 nitrogen and oxygen atoms in total. The van der Waals surface area contributed by atoms with Gasteiger partial charge in [0.25, 0.3) is 0 Å². The van der Waals surface area contributed by atoms with E-state index in [4.69, 9.17) is 0 Å². The van der Waals surface area contributed by atoms with Crippen LogP contribution in [0.15, 0.2) is 4.99 Å². The van der Waals surface area contributed by atoms with Gasteiger partial charge in [-0.15, -0.1) is 24.0 Å². The monoisotopic (exact) mass is 490 g/mol. The number of hydrogen-bond donors (Lipinski definition) is 2. The maximum absolute atomic E-state index is 12.8. The number of aliphatic imine (C=N–C) groups is 1. The lowest BCUT2D eigenvalue weighted by atomic mass is 9.85. The number of likely N-dealkylation sites (N-methyl/N-ethyl adjacent to an activating group) is 1. The van der Waals surface area contributed by atoms with Crippen molar-refractivity contribution in [1.29, 1.82) is 0 Å². The minimum absolute atomic E-state index is 0. The van der Waals surface area contributed by atoms with E-state index in [1.54, 1.807) is 0 Å². The first kappa shape index (κ1) is 23.8. The molecule has 0 aromatic rings. The summed E-state index contributed by atoms with van der Waals surface area (Å²) in [5.41, 5.74) is 0. The molecule has 8 heteroatoms. The van der Waals surface area contributed by atoms with Crippen molar-refractivity contribution in [2.45, 2.75) is 76.6 Å². The molecule has 2 aliphatic carbocycles. The molecule has 0 aromatic heterocycles. The predicted octanol–water partition coefficient (Wildman–Crippen LogP) is 4.16. The number of halogens is 4. The van der Waals surface area contributed by atoms with E-state index in [2.05, 4.69) is 27.6 Å². The van der Waals surface area contributed by atoms with Crippen molar-refractivity contribution in [3.63, 3.8) is 0 Å². The average Bonchev–Trinajstić information content (AvgIpc) is 3.09. The van der Waals surface area contributed by atoms with Crippen LogP contribution in [0, 0.1) is 5.92 Å². The Labute approximate surface area is 172 Å². The average molecular weight is 490 g/mol. The Morgan fingerprint density at radius 3 is 2.23 bits per heavy atom. The fourth-order valence-corrected chi connectivity index (χ4v) is 3.93. The number of nitrogens with one attached hydrogen (secondary N) is 2. The Hall–Kier alpha value is -0.250. The Morgan fingerprint density at radius 1 is 1.08 bits per heavy atom. The molecule has 0 bridgehead atoms. The van der Waals surface area contributed by atoms with Crippen molar-refractivity contribution >= 4 is 29.9 Å². The van der Waals surface area contributed by atoms with Crippen LogP contribution in [-0.4, -0.2) is 55.8 Å². The number of guanidine groups is 1. The fourth-order valence-electron chi connectivity index (χ4n) is 3.93. The molecule has 0 amide bonds. The van der Waals surface area contributed by atoms with Gasteiger partial charge in [0.05, 0.1) is 12.5 Å². The Balaban J connectivity index is 0.00000338. The molecule has 0 heterocycles. The van der Waals surface area contributed by atoms with E-state index >= 15 is 0 Å². The molecule has 0 radical (unpaired) electrons. The molecule has 0 atom stereocenters. The zero-order chi connectivity index (χ0) is 18.3. The van der Waals surface area contributed by atoms with E-state index in [1.807, 2.05) is 6.92 Å². The largest absolute Gasteiger partial charge is 0.391 e. The molecule has 0 aromatic carbocycles. The van der Waals surface area contributed by atoms with Crippen LogP contribution in [0.3, 0.4) is 0 Å². The van der Waals surface area contributed by atoms with Gasteiger partial charge in [-0.25, -0.2) is 0 Å². The molecule has 0 saturated heterocycles. The first-order chi connectivity index (χ1) is 11.9. The van der Waals surface area contributed by atoms with E-state index in [0.717, 1.165) is 19.0 Å². The van der Waals surface area contributed by atoms with Crippen LogP contribution in [0.1, 0.15) is 58.3 Å². The molecule has 0 spiro atoms. The minimum Gasteiger partial charge on any atom is -0.357 e. The van der Waals surface area contributed by atoms with Crippen molar-refractivity contribution in [1.82, 2.24) is 15.5 Å². The zero-order valence-corrected chi connectivity index (χ0v) is 18.3. The molecule has 154 valence electrons. The summed E-state index contributed by atoms with van der Waals surface area (Å²) < 4.78 is 38.3. The Morgan fingerprint density at radius 2 is 1.69 bits per heavy atom. The van der Waals surface area contributed by atoms with Crippen LogP contribution < -0.4 is 10.6 Å². The number of rotatable bonds is 6. The lowest BCUT2D eigenvalue weighted by Gasteiger charge is -2.31. The van der Waals surface area contributed by atoms with E-state index in [0.29, 0.717) is 25.4 Å². The van der Waals surface area contributed by atoms with Crippen molar-refractivity contribution < 1.29 is 13.2 Å². The standard InChI is InChI=1S/C18H33F3N4.HI/c1-3-22-17(23-12-13-25(2)16-6-4-5-7-16)24-15-10-8-14(9-11-15)18(19,20)21;/h14-16H,3-13H2,1-2H3,(H2,22,23,24);1H. The third kappa shape index (κ3) is 7.78. The molecule has 2 aliphatic rings. The summed E-state index contributed by atoms with van der Waals surface area (Å²) >= 11 is 0. The molecule has 2 rings (SSSR count).